The van der Waals surface area contributed by atoms with Crippen LogP contribution in [0.2, 0.25) is 0 Å². The zero-order chi connectivity index (χ0) is 23.3. The average molecular weight is 434 g/mol. The number of ether oxygens (including phenoxy) is 1. The van der Waals surface area contributed by atoms with Crippen LogP contribution in [0.25, 0.3) is 0 Å². The van der Waals surface area contributed by atoms with Gasteiger partial charge in [-0.2, -0.15) is 0 Å². The summed E-state index contributed by atoms with van der Waals surface area (Å²) in [6, 6.07) is 16.4. The van der Waals surface area contributed by atoms with Crippen molar-refractivity contribution in [3.63, 3.8) is 0 Å². The van der Waals surface area contributed by atoms with E-state index in [-0.39, 0.29) is 23.7 Å². The van der Waals surface area contributed by atoms with Crippen molar-refractivity contribution in [3.8, 4) is 5.75 Å². The molecule has 0 amide bonds. The van der Waals surface area contributed by atoms with Crippen molar-refractivity contribution < 1.29 is 19.3 Å². The van der Waals surface area contributed by atoms with Crippen LogP contribution < -0.4 is 16.2 Å². The summed E-state index contributed by atoms with van der Waals surface area (Å²) >= 11 is 0. The molecule has 9 nitrogen and oxygen atoms in total. The van der Waals surface area contributed by atoms with Gasteiger partial charge in [-0.1, -0.05) is 29.4 Å². The summed E-state index contributed by atoms with van der Waals surface area (Å²) in [6.07, 6.45) is 0. The molecule has 164 valence electrons. The van der Waals surface area contributed by atoms with Gasteiger partial charge in [0.05, 0.1) is 10.5 Å². The molecular weight excluding hydrogens is 412 g/mol. The Morgan fingerprint density at radius 1 is 1.09 bits per heavy atom. The van der Waals surface area contributed by atoms with Gasteiger partial charge in [0.2, 0.25) is 0 Å². The van der Waals surface area contributed by atoms with E-state index in [1.807, 2.05) is 0 Å². The predicted octanol–water partition coefficient (Wildman–Crippen LogP) is 3.85. The quantitative estimate of drug-likeness (QED) is 0.144. The molecule has 32 heavy (non-hydrogen) atoms. The molecule has 9 heteroatoms. The van der Waals surface area contributed by atoms with Crippen LogP contribution in [-0.2, 0) is 11.4 Å². The number of nitrogens with two attached hydrogens (primary N) is 2. The van der Waals surface area contributed by atoms with E-state index in [9.17, 15) is 14.9 Å². The van der Waals surface area contributed by atoms with E-state index in [0.29, 0.717) is 28.1 Å². The van der Waals surface area contributed by atoms with Gasteiger partial charge >= 0.3 is 5.97 Å². The van der Waals surface area contributed by atoms with E-state index in [0.717, 1.165) is 5.56 Å². The van der Waals surface area contributed by atoms with Crippen molar-refractivity contribution in [1.82, 2.24) is 0 Å². The molecule has 3 aromatic carbocycles. The van der Waals surface area contributed by atoms with E-state index >= 15 is 0 Å². The smallest absolute Gasteiger partial charge is 0.365 e. The summed E-state index contributed by atoms with van der Waals surface area (Å²) in [7, 11) is 0. The first kappa shape index (κ1) is 22.3. The van der Waals surface area contributed by atoms with Crippen molar-refractivity contribution in [2.45, 2.75) is 20.5 Å². The van der Waals surface area contributed by atoms with Gasteiger partial charge in [0.15, 0.2) is 5.84 Å². The molecule has 3 aromatic rings. The lowest BCUT2D eigenvalue weighted by atomic mass is 10.1. The van der Waals surface area contributed by atoms with Crippen molar-refractivity contribution in [1.29, 1.82) is 0 Å². The Morgan fingerprint density at radius 2 is 1.84 bits per heavy atom. The number of rotatable bonds is 7. The van der Waals surface area contributed by atoms with Crippen LogP contribution in [0.4, 0.5) is 11.4 Å². The highest BCUT2D eigenvalue weighted by Gasteiger charge is 2.13. The molecule has 0 aliphatic rings. The highest BCUT2D eigenvalue weighted by molar-refractivity contribution is 6.00. The van der Waals surface area contributed by atoms with Gasteiger partial charge in [-0.05, 0) is 55.3 Å². The standard InChI is InChI=1S/C23H22N4O5/c1-14-11-18(9-10-21(14)27(29)30)31-13-16-5-3-6-17(12-16)23(28)32-26-22(25)19-7-4-8-20(24)15(19)2/h3-12H,13,24H2,1-2H3,(H2,25,26). The minimum absolute atomic E-state index is 0.0234. The molecule has 0 atom stereocenters. The van der Waals surface area contributed by atoms with Crippen molar-refractivity contribution in [2.24, 2.45) is 10.9 Å². The van der Waals surface area contributed by atoms with Gasteiger partial charge in [0, 0.05) is 22.9 Å². The highest BCUT2D eigenvalue weighted by Crippen LogP contribution is 2.24. The number of carbonyl (C=O) groups excluding carboxylic acids is 1. The molecule has 0 aliphatic carbocycles. The second-order valence-corrected chi connectivity index (χ2v) is 7.07. The fraction of sp³-hybridized carbons (Fsp3) is 0.130. The molecule has 0 spiro atoms. The Kier molecular flexibility index (Phi) is 6.69. The third kappa shape index (κ3) is 5.20. The molecule has 0 saturated heterocycles. The summed E-state index contributed by atoms with van der Waals surface area (Å²) in [5.74, 6) is -0.158. The third-order valence-electron chi connectivity index (χ3n) is 4.81. The van der Waals surface area contributed by atoms with E-state index in [1.54, 1.807) is 62.4 Å². The van der Waals surface area contributed by atoms with Gasteiger partial charge in [0.1, 0.15) is 12.4 Å². The first-order valence-electron chi connectivity index (χ1n) is 9.63. The van der Waals surface area contributed by atoms with Crippen LogP contribution >= 0.6 is 0 Å². The van der Waals surface area contributed by atoms with E-state index in [2.05, 4.69) is 5.16 Å². The first-order chi connectivity index (χ1) is 15.3. The highest BCUT2D eigenvalue weighted by atomic mass is 16.7. The fourth-order valence-electron chi connectivity index (χ4n) is 3.00. The Morgan fingerprint density at radius 3 is 2.56 bits per heavy atom. The Labute approximate surface area is 184 Å². The lowest BCUT2D eigenvalue weighted by Gasteiger charge is -2.09. The monoisotopic (exact) mass is 434 g/mol. The minimum Gasteiger partial charge on any atom is -0.489 e. The molecule has 3 rings (SSSR count). The molecule has 0 radical (unpaired) electrons. The molecule has 0 fully saturated rings. The lowest BCUT2D eigenvalue weighted by molar-refractivity contribution is -0.385. The first-order valence-corrected chi connectivity index (χ1v) is 9.63. The number of aryl methyl sites for hydroxylation is 1. The van der Waals surface area contributed by atoms with Crippen LogP contribution in [0.5, 0.6) is 5.75 Å². The van der Waals surface area contributed by atoms with Crippen LogP contribution in [-0.4, -0.2) is 16.7 Å². The second kappa shape index (κ2) is 9.61. The minimum atomic E-state index is -0.678. The zero-order valence-electron chi connectivity index (χ0n) is 17.6. The van der Waals surface area contributed by atoms with Gasteiger partial charge in [-0.25, -0.2) is 4.79 Å². The summed E-state index contributed by atoms with van der Waals surface area (Å²) in [6.45, 7) is 3.59. The maximum Gasteiger partial charge on any atom is 0.365 e. The van der Waals surface area contributed by atoms with Gasteiger partial charge < -0.3 is 21.0 Å². The third-order valence-corrected chi connectivity index (χ3v) is 4.81. The van der Waals surface area contributed by atoms with Gasteiger partial charge in [0.25, 0.3) is 5.69 Å². The van der Waals surface area contributed by atoms with E-state index in [1.165, 1.54) is 12.1 Å². The van der Waals surface area contributed by atoms with E-state index in [4.69, 9.17) is 21.0 Å². The molecule has 0 unspecified atom stereocenters. The molecule has 4 N–H and O–H groups in total. The van der Waals surface area contributed by atoms with Crippen molar-refractivity contribution in [3.05, 3.63) is 98.6 Å². The second-order valence-electron chi connectivity index (χ2n) is 7.07. The molecular formula is C23H22N4O5. The van der Waals surface area contributed by atoms with Crippen molar-refractivity contribution in [2.75, 3.05) is 5.73 Å². The number of hydrogen-bond donors (Lipinski definition) is 2. The van der Waals surface area contributed by atoms with Gasteiger partial charge in [-0.15, -0.1) is 0 Å². The fourth-order valence-corrected chi connectivity index (χ4v) is 3.00. The maximum atomic E-state index is 12.4. The number of oxime groups is 1. The Hall–Kier alpha value is -4.40. The zero-order valence-corrected chi connectivity index (χ0v) is 17.6. The number of benzene rings is 3. The predicted molar refractivity (Wildman–Crippen MR) is 120 cm³/mol. The number of nitrogen functional groups attached to an aromatic ring is 1. The summed E-state index contributed by atoms with van der Waals surface area (Å²) in [5.41, 5.74) is 15.2. The Balaban J connectivity index is 1.66. The van der Waals surface area contributed by atoms with Crippen LogP contribution in [0.3, 0.4) is 0 Å². The maximum absolute atomic E-state index is 12.4. The number of amidine groups is 1. The normalized spacial score (nSPS) is 11.1. The molecule has 0 aliphatic heterocycles. The SMILES string of the molecule is Cc1cc(OCc2cccc(C(=O)O/N=C(\N)c3cccc(N)c3C)c2)ccc1[N+](=O)[O-]. The van der Waals surface area contributed by atoms with Crippen molar-refractivity contribution >= 4 is 23.2 Å². The number of hydrogen-bond acceptors (Lipinski definition) is 7. The number of nitrogens with zero attached hydrogens (tertiary/aromatic N) is 2. The number of anilines is 1. The largest absolute Gasteiger partial charge is 0.489 e. The lowest BCUT2D eigenvalue weighted by Crippen LogP contribution is -2.17. The average Bonchev–Trinajstić information content (AvgIpc) is 2.77. The van der Waals surface area contributed by atoms with Gasteiger partial charge in [-0.3, -0.25) is 10.1 Å². The molecule has 0 saturated carbocycles. The van der Waals surface area contributed by atoms with Crippen LogP contribution in [0.1, 0.15) is 32.6 Å². The van der Waals surface area contributed by atoms with E-state index < -0.39 is 10.9 Å². The molecule has 0 bridgehead atoms. The number of nitro benzene ring substituents is 1. The summed E-state index contributed by atoms with van der Waals surface area (Å²) in [4.78, 5) is 27.8. The molecule has 0 heterocycles. The Bertz CT molecular complexity index is 1210. The topological polar surface area (TPSA) is 143 Å². The summed E-state index contributed by atoms with van der Waals surface area (Å²) in [5, 5.41) is 14.7. The summed E-state index contributed by atoms with van der Waals surface area (Å²) < 4.78 is 5.69. The number of carbonyl (C=O) groups is 1. The van der Waals surface area contributed by atoms with Crippen LogP contribution in [0, 0.1) is 24.0 Å². The number of nitro groups is 1. The molecule has 0 aromatic heterocycles. The van der Waals surface area contributed by atoms with Crippen LogP contribution in [0.15, 0.2) is 65.8 Å².